The predicted octanol–water partition coefficient (Wildman–Crippen LogP) is 3.21. The van der Waals surface area contributed by atoms with E-state index in [4.69, 9.17) is 5.11 Å². The summed E-state index contributed by atoms with van der Waals surface area (Å²) in [7, 11) is 0. The van der Waals surface area contributed by atoms with E-state index in [-0.39, 0.29) is 22.8 Å². The molecule has 0 aliphatic heterocycles. The lowest BCUT2D eigenvalue weighted by atomic mass is 10.1. The number of hydrogen-bond donors (Lipinski definition) is 2. The summed E-state index contributed by atoms with van der Waals surface area (Å²) in [5, 5.41) is 18.8. The second kappa shape index (κ2) is 6.29. The molecule has 4 heteroatoms. The first kappa shape index (κ1) is 13.5. The number of hydrogen-bond acceptors (Lipinski definition) is 4. The first-order chi connectivity index (χ1) is 9.16. The van der Waals surface area contributed by atoms with Crippen molar-refractivity contribution < 1.29 is 15.0 Å². The highest BCUT2D eigenvalue weighted by atomic mass is 32.2. The Morgan fingerprint density at radius 3 is 2.47 bits per heavy atom. The quantitative estimate of drug-likeness (QED) is 0.822. The summed E-state index contributed by atoms with van der Waals surface area (Å²) in [5.41, 5.74) is 1.41. The highest BCUT2D eigenvalue weighted by Crippen LogP contribution is 2.24. The van der Waals surface area contributed by atoms with Crippen molar-refractivity contribution in [3.8, 4) is 11.5 Å². The van der Waals surface area contributed by atoms with Crippen molar-refractivity contribution in [3.05, 3.63) is 59.7 Å². The number of carbonyl (C=O) groups excluding carboxylic acids is 1. The van der Waals surface area contributed by atoms with Gasteiger partial charge in [-0.1, -0.05) is 30.3 Å². The van der Waals surface area contributed by atoms with Gasteiger partial charge in [0.25, 0.3) is 0 Å². The zero-order valence-corrected chi connectivity index (χ0v) is 11.1. The van der Waals surface area contributed by atoms with Crippen molar-refractivity contribution in [1.82, 2.24) is 0 Å². The molecule has 0 aliphatic carbocycles. The third-order valence-electron chi connectivity index (χ3n) is 2.63. The fourth-order valence-electron chi connectivity index (χ4n) is 1.67. The molecule has 98 valence electrons. The van der Waals surface area contributed by atoms with Crippen LogP contribution in [0.3, 0.4) is 0 Å². The average molecular weight is 274 g/mol. The van der Waals surface area contributed by atoms with E-state index in [2.05, 4.69) is 0 Å². The number of phenols is 2. The topological polar surface area (TPSA) is 57.5 Å². The van der Waals surface area contributed by atoms with Gasteiger partial charge in [-0.15, -0.1) is 11.8 Å². The second-order valence-electron chi connectivity index (χ2n) is 4.10. The van der Waals surface area contributed by atoms with Gasteiger partial charge in [0.2, 0.25) is 0 Å². The minimum atomic E-state index is -0.176. The largest absolute Gasteiger partial charge is 0.508 e. The lowest BCUT2D eigenvalue weighted by Gasteiger charge is -2.04. The molecule has 0 spiro atoms. The van der Waals surface area contributed by atoms with Crippen LogP contribution < -0.4 is 0 Å². The van der Waals surface area contributed by atoms with Crippen LogP contribution in [0.2, 0.25) is 0 Å². The maximum Gasteiger partial charge on any atom is 0.176 e. The van der Waals surface area contributed by atoms with Gasteiger partial charge >= 0.3 is 0 Å². The second-order valence-corrected chi connectivity index (χ2v) is 5.09. The van der Waals surface area contributed by atoms with Crippen molar-refractivity contribution in [2.75, 3.05) is 5.75 Å². The molecule has 2 rings (SSSR count). The van der Waals surface area contributed by atoms with Gasteiger partial charge in [0, 0.05) is 11.8 Å². The molecule has 3 nitrogen and oxygen atoms in total. The van der Waals surface area contributed by atoms with Crippen LogP contribution in [-0.2, 0) is 5.75 Å². The smallest absolute Gasteiger partial charge is 0.176 e. The first-order valence-corrected chi connectivity index (χ1v) is 6.99. The van der Waals surface area contributed by atoms with Gasteiger partial charge in [-0.3, -0.25) is 4.79 Å². The van der Waals surface area contributed by atoms with E-state index < -0.39 is 0 Å². The fraction of sp³-hybridized carbons (Fsp3) is 0.133. The highest BCUT2D eigenvalue weighted by Gasteiger charge is 2.11. The molecule has 0 atom stereocenters. The van der Waals surface area contributed by atoms with Crippen LogP contribution in [0.5, 0.6) is 11.5 Å². The van der Waals surface area contributed by atoms with Gasteiger partial charge in [-0.05, 0) is 17.7 Å². The van der Waals surface area contributed by atoms with Gasteiger partial charge < -0.3 is 10.2 Å². The van der Waals surface area contributed by atoms with E-state index >= 15 is 0 Å². The third kappa shape index (κ3) is 3.76. The third-order valence-corrected chi connectivity index (χ3v) is 3.63. The monoisotopic (exact) mass is 274 g/mol. The summed E-state index contributed by atoms with van der Waals surface area (Å²) in [6.45, 7) is 0. The maximum atomic E-state index is 11.9. The van der Waals surface area contributed by atoms with Crippen LogP contribution in [0.15, 0.2) is 48.5 Å². The molecule has 2 aromatic carbocycles. The van der Waals surface area contributed by atoms with Crippen molar-refractivity contribution >= 4 is 17.5 Å². The van der Waals surface area contributed by atoms with E-state index in [0.29, 0.717) is 5.75 Å². The Bertz CT molecular complexity index is 567. The molecular formula is C15H14O3S. The molecule has 0 aliphatic rings. The van der Waals surface area contributed by atoms with Crippen LogP contribution >= 0.6 is 11.8 Å². The van der Waals surface area contributed by atoms with Crippen LogP contribution in [0, 0.1) is 0 Å². The summed E-state index contributed by atoms with van der Waals surface area (Å²) in [6, 6.07) is 13.9. The highest BCUT2D eigenvalue weighted by molar-refractivity contribution is 7.99. The number of thioether (sulfide) groups is 1. The number of aromatic hydroxyl groups is 2. The van der Waals surface area contributed by atoms with E-state index in [0.717, 1.165) is 11.3 Å². The SMILES string of the molecule is O=C(CSCc1ccccc1)c1ccc(O)cc1O. The maximum absolute atomic E-state index is 11.9. The van der Waals surface area contributed by atoms with E-state index in [1.165, 1.54) is 30.0 Å². The summed E-state index contributed by atoms with van der Waals surface area (Å²) >= 11 is 1.50. The standard InChI is InChI=1S/C15H14O3S/c16-12-6-7-13(14(17)8-12)15(18)10-19-9-11-4-2-1-3-5-11/h1-8,16-17H,9-10H2. The normalized spacial score (nSPS) is 10.3. The Balaban J connectivity index is 1.91. The molecule has 0 fully saturated rings. The van der Waals surface area contributed by atoms with Crippen LogP contribution in [0.1, 0.15) is 15.9 Å². The van der Waals surface area contributed by atoms with Gasteiger partial charge in [0.1, 0.15) is 11.5 Å². The Morgan fingerprint density at radius 1 is 1.05 bits per heavy atom. The summed E-state index contributed by atoms with van der Waals surface area (Å²) in [6.07, 6.45) is 0. The number of phenolic OH excluding ortho intramolecular Hbond substituents is 2. The number of carbonyl (C=O) groups is 1. The van der Waals surface area contributed by atoms with Gasteiger partial charge in [0.15, 0.2) is 5.78 Å². The Hall–Kier alpha value is -1.94. The minimum Gasteiger partial charge on any atom is -0.508 e. The lowest BCUT2D eigenvalue weighted by Crippen LogP contribution is -2.03. The Morgan fingerprint density at radius 2 is 1.79 bits per heavy atom. The van der Waals surface area contributed by atoms with Gasteiger partial charge in [-0.25, -0.2) is 0 Å². The molecule has 0 saturated carbocycles. The average Bonchev–Trinajstić information content (AvgIpc) is 2.39. The molecular weight excluding hydrogens is 260 g/mol. The molecule has 2 aromatic rings. The number of rotatable bonds is 5. The van der Waals surface area contributed by atoms with Crippen molar-refractivity contribution in [3.63, 3.8) is 0 Å². The number of Topliss-reactive ketones (excluding diaryl/α,β-unsaturated/α-hetero) is 1. The Kier molecular flexibility index (Phi) is 4.47. The van der Waals surface area contributed by atoms with Gasteiger partial charge in [-0.2, -0.15) is 0 Å². The molecule has 0 aromatic heterocycles. The van der Waals surface area contributed by atoms with Crippen LogP contribution in [0.25, 0.3) is 0 Å². The zero-order chi connectivity index (χ0) is 13.7. The molecule has 0 heterocycles. The van der Waals surface area contributed by atoms with E-state index in [1.807, 2.05) is 30.3 Å². The Labute approximate surface area is 115 Å². The summed E-state index contributed by atoms with van der Waals surface area (Å²) in [5.74, 6) is 0.688. The fourth-order valence-corrected chi connectivity index (χ4v) is 2.54. The van der Waals surface area contributed by atoms with Crippen LogP contribution in [-0.4, -0.2) is 21.7 Å². The van der Waals surface area contributed by atoms with Crippen molar-refractivity contribution in [2.45, 2.75) is 5.75 Å². The van der Waals surface area contributed by atoms with E-state index in [1.54, 1.807) is 0 Å². The summed E-state index contributed by atoms with van der Waals surface area (Å²) < 4.78 is 0. The van der Waals surface area contributed by atoms with Crippen molar-refractivity contribution in [1.29, 1.82) is 0 Å². The molecule has 0 saturated heterocycles. The zero-order valence-electron chi connectivity index (χ0n) is 10.2. The molecule has 0 radical (unpaired) electrons. The molecule has 2 N–H and O–H groups in total. The molecule has 0 unspecified atom stereocenters. The molecule has 0 amide bonds. The lowest BCUT2D eigenvalue weighted by molar-refractivity contribution is 0.102. The minimum absolute atomic E-state index is 0.0500. The summed E-state index contributed by atoms with van der Waals surface area (Å²) in [4.78, 5) is 11.9. The number of ketones is 1. The first-order valence-electron chi connectivity index (χ1n) is 5.83. The number of benzene rings is 2. The van der Waals surface area contributed by atoms with Crippen molar-refractivity contribution in [2.24, 2.45) is 0 Å². The molecule has 0 bridgehead atoms. The predicted molar refractivity (Wildman–Crippen MR) is 76.7 cm³/mol. The van der Waals surface area contributed by atoms with E-state index in [9.17, 15) is 9.90 Å². The van der Waals surface area contributed by atoms with Crippen LogP contribution in [0.4, 0.5) is 0 Å². The molecule has 19 heavy (non-hydrogen) atoms. The van der Waals surface area contributed by atoms with Gasteiger partial charge in [0.05, 0.1) is 11.3 Å².